The van der Waals surface area contributed by atoms with Gasteiger partial charge in [-0.05, 0) is 61.9 Å². The lowest BCUT2D eigenvalue weighted by Gasteiger charge is -2.12. The highest BCUT2D eigenvalue weighted by Crippen LogP contribution is 2.27. The zero-order valence-electron chi connectivity index (χ0n) is 15.8. The lowest BCUT2D eigenvalue weighted by Crippen LogP contribution is -2.19. The Morgan fingerprint density at radius 2 is 1.86 bits per heavy atom. The molecule has 0 saturated heterocycles. The van der Waals surface area contributed by atoms with Crippen molar-refractivity contribution >= 4 is 29.7 Å². The van der Waals surface area contributed by atoms with Gasteiger partial charge in [-0.15, -0.1) is 0 Å². The van der Waals surface area contributed by atoms with Crippen molar-refractivity contribution < 1.29 is 23.8 Å². The number of methoxy groups -OCH3 is 1. The summed E-state index contributed by atoms with van der Waals surface area (Å²) in [5.41, 5.74) is 3.54. The van der Waals surface area contributed by atoms with Gasteiger partial charge < -0.3 is 14.2 Å². The fraction of sp³-hybridized carbons (Fsp3) is 0.250. The van der Waals surface area contributed by atoms with E-state index in [0.717, 1.165) is 0 Å². The monoisotopic (exact) mass is 404 g/mol. The van der Waals surface area contributed by atoms with E-state index in [-0.39, 0.29) is 18.6 Å². The number of hydrazone groups is 1. The number of amides is 1. The van der Waals surface area contributed by atoms with Crippen molar-refractivity contribution in [3.8, 4) is 11.5 Å². The molecule has 0 spiro atoms. The van der Waals surface area contributed by atoms with Crippen molar-refractivity contribution in [3.05, 3.63) is 58.6 Å². The first-order valence-corrected chi connectivity index (χ1v) is 8.86. The third-order valence-corrected chi connectivity index (χ3v) is 3.64. The maximum Gasteiger partial charge on any atom is 0.344 e. The fourth-order valence-corrected chi connectivity index (χ4v) is 2.27. The van der Waals surface area contributed by atoms with Gasteiger partial charge in [0, 0.05) is 10.6 Å². The van der Waals surface area contributed by atoms with E-state index in [1.807, 2.05) is 0 Å². The summed E-state index contributed by atoms with van der Waals surface area (Å²) in [5, 5.41) is 4.47. The van der Waals surface area contributed by atoms with Crippen LogP contribution in [-0.2, 0) is 9.53 Å². The molecule has 2 aromatic carbocycles. The molecule has 0 aliphatic carbocycles. The maximum absolute atomic E-state index is 12.0. The second kappa shape index (κ2) is 10.3. The molecule has 0 unspecified atom stereocenters. The molecule has 0 atom stereocenters. The van der Waals surface area contributed by atoms with Crippen LogP contribution in [-0.4, -0.2) is 37.9 Å². The Kier molecular flexibility index (Phi) is 7.83. The molecule has 0 saturated carbocycles. The highest BCUT2D eigenvalue weighted by molar-refractivity contribution is 6.30. The summed E-state index contributed by atoms with van der Waals surface area (Å²) in [5.74, 6) is -0.00742. The van der Waals surface area contributed by atoms with Gasteiger partial charge in [-0.25, -0.2) is 10.2 Å². The highest BCUT2D eigenvalue weighted by Gasteiger charge is 2.10. The Labute approximate surface area is 168 Å². The van der Waals surface area contributed by atoms with Gasteiger partial charge in [-0.3, -0.25) is 4.79 Å². The lowest BCUT2D eigenvalue weighted by molar-refractivity contribution is -0.149. The van der Waals surface area contributed by atoms with Crippen LogP contribution in [0.4, 0.5) is 0 Å². The van der Waals surface area contributed by atoms with Gasteiger partial charge >= 0.3 is 5.97 Å². The molecule has 0 aliphatic heterocycles. The Hall–Kier alpha value is -3.06. The normalized spacial score (nSPS) is 10.8. The molecule has 0 fully saturated rings. The Bertz CT molecular complexity index is 850. The molecule has 1 amide bonds. The summed E-state index contributed by atoms with van der Waals surface area (Å²) >= 11 is 5.79. The van der Waals surface area contributed by atoms with E-state index in [0.29, 0.717) is 27.6 Å². The average Bonchev–Trinajstić information content (AvgIpc) is 2.66. The molecular weight excluding hydrogens is 384 g/mol. The van der Waals surface area contributed by atoms with E-state index in [4.69, 9.17) is 25.8 Å². The van der Waals surface area contributed by atoms with Crippen molar-refractivity contribution in [3.63, 3.8) is 0 Å². The van der Waals surface area contributed by atoms with Crippen LogP contribution >= 0.6 is 11.6 Å². The molecular formula is C20H21ClN2O5. The van der Waals surface area contributed by atoms with Crippen molar-refractivity contribution in [2.75, 3.05) is 13.7 Å². The number of nitrogens with zero attached hydrogens (tertiary/aromatic N) is 1. The van der Waals surface area contributed by atoms with Crippen LogP contribution in [0.15, 0.2) is 47.6 Å². The van der Waals surface area contributed by atoms with Gasteiger partial charge in [0.2, 0.25) is 0 Å². The topological polar surface area (TPSA) is 86.2 Å². The first-order chi connectivity index (χ1) is 13.4. The fourth-order valence-electron chi connectivity index (χ4n) is 2.15. The number of carbonyl (C=O) groups excluding carboxylic acids is 2. The molecule has 2 rings (SSSR count). The Morgan fingerprint density at radius 1 is 1.14 bits per heavy atom. The summed E-state index contributed by atoms with van der Waals surface area (Å²) in [6, 6.07) is 11.5. The lowest BCUT2D eigenvalue weighted by atomic mass is 10.2. The molecule has 28 heavy (non-hydrogen) atoms. The second-order valence-electron chi connectivity index (χ2n) is 5.94. The second-order valence-corrected chi connectivity index (χ2v) is 6.38. The number of hydrogen-bond donors (Lipinski definition) is 1. The number of esters is 1. The third kappa shape index (κ3) is 6.59. The van der Waals surface area contributed by atoms with Crippen molar-refractivity contribution in [2.45, 2.75) is 20.0 Å². The van der Waals surface area contributed by atoms with Gasteiger partial charge in [0.15, 0.2) is 18.1 Å². The number of hydrogen-bond acceptors (Lipinski definition) is 6. The van der Waals surface area contributed by atoms with Crippen LogP contribution < -0.4 is 14.9 Å². The van der Waals surface area contributed by atoms with Crippen LogP contribution in [0.1, 0.15) is 29.8 Å². The van der Waals surface area contributed by atoms with E-state index < -0.39 is 5.97 Å². The van der Waals surface area contributed by atoms with Gasteiger partial charge in [0.1, 0.15) is 0 Å². The number of halogens is 1. The first kappa shape index (κ1) is 21.2. The molecule has 148 valence electrons. The SMILES string of the molecule is COc1cc(/C=N/NC(=O)c2ccc(Cl)cc2)ccc1OCC(=O)OC(C)C. The molecule has 0 aromatic heterocycles. The number of nitrogens with one attached hydrogen (secondary N) is 1. The molecule has 0 radical (unpaired) electrons. The van der Waals surface area contributed by atoms with Crippen LogP contribution in [0.25, 0.3) is 0 Å². The minimum absolute atomic E-state index is 0.209. The van der Waals surface area contributed by atoms with Gasteiger partial charge in [0.25, 0.3) is 5.91 Å². The van der Waals surface area contributed by atoms with E-state index in [9.17, 15) is 9.59 Å². The van der Waals surface area contributed by atoms with E-state index in [1.165, 1.54) is 13.3 Å². The first-order valence-electron chi connectivity index (χ1n) is 8.48. The number of rotatable bonds is 8. The van der Waals surface area contributed by atoms with Crippen LogP contribution in [0.2, 0.25) is 5.02 Å². The van der Waals surface area contributed by atoms with Crippen LogP contribution in [0.3, 0.4) is 0 Å². The smallest absolute Gasteiger partial charge is 0.344 e. The zero-order chi connectivity index (χ0) is 20.5. The van der Waals surface area contributed by atoms with Gasteiger partial charge in [0.05, 0.1) is 19.4 Å². The van der Waals surface area contributed by atoms with E-state index in [1.54, 1.807) is 56.3 Å². The molecule has 0 heterocycles. The summed E-state index contributed by atoms with van der Waals surface area (Å²) < 4.78 is 15.7. The largest absolute Gasteiger partial charge is 0.493 e. The van der Waals surface area contributed by atoms with Gasteiger partial charge in [-0.1, -0.05) is 11.6 Å². The number of ether oxygens (including phenoxy) is 3. The van der Waals surface area contributed by atoms with Crippen molar-refractivity contribution in [1.82, 2.24) is 5.43 Å². The summed E-state index contributed by atoms with van der Waals surface area (Å²) in [4.78, 5) is 23.6. The Morgan fingerprint density at radius 3 is 2.50 bits per heavy atom. The number of carbonyl (C=O) groups is 2. The minimum Gasteiger partial charge on any atom is -0.493 e. The Balaban J connectivity index is 1.96. The molecule has 7 nitrogen and oxygen atoms in total. The summed E-state index contributed by atoms with van der Waals surface area (Å²) in [6.45, 7) is 3.30. The quantitative estimate of drug-likeness (QED) is 0.413. The van der Waals surface area contributed by atoms with Crippen molar-refractivity contribution in [2.24, 2.45) is 5.10 Å². The van der Waals surface area contributed by atoms with Crippen molar-refractivity contribution in [1.29, 1.82) is 0 Å². The molecule has 0 bridgehead atoms. The van der Waals surface area contributed by atoms with Crippen LogP contribution in [0.5, 0.6) is 11.5 Å². The summed E-state index contributed by atoms with van der Waals surface area (Å²) in [7, 11) is 1.48. The average molecular weight is 405 g/mol. The standard InChI is InChI=1S/C20H21ClN2O5/c1-13(2)28-19(24)12-27-17-9-4-14(10-18(17)26-3)11-22-23-20(25)15-5-7-16(21)8-6-15/h4-11,13H,12H2,1-3H3,(H,23,25)/b22-11+. The zero-order valence-corrected chi connectivity index (χ0v) is 16.5. The third-order valence-electron chi connectivity index (χ3n) is 3.39. The predicted molar refractivity (Wildman–Crippen MR) is 106 cm³/mol. The van der Waals surface area contributed by atoms with E-state index >= 15 is 0 Å². The van der Waals surface area contributed by atoms with Crippen LogP contribution in [0, 0.1) is 0 Å². The number of benzene rings is 2. The van der Waals surface area contributed by atoms with E-state index in [2.05, 4.69) is 10.5 Å². The maximum atomic E-state index is 12.0. The highest BCUT2D eigenvalue weighted by atomic mass is 35.5. The van der Waals surface area contributed by atoms with Gasteiger partial charge in [-0.2, -0.15) is 5.10 Å². The summed E-state index contributed by atoms with van der Waals surface area (Å²) in [6.07, 6.45) is 1.26. The molecule has 8 heteroatoms. The molecule has 2 aromatic rings. The predicted octanol–water partition coefficient (Wildman–Crippen LogP) is 3.44. The minimum atomic E-state index is -0.465. The molecule has 0 aliphatic rings. The molecule has 1 N–H and O–H groups in total.